The van der Waals surface area contributed by atoms with Crippen molar-refractivity contribution in [1.82, 2.24) is 10.3 Å². The number of carbonyl (C=O) groups is 1. The Morgan fingerprint density at radius 2 is 2.29 bits per heavy atom. The second-order valence-electron chi connectivity index (χ2n) is 4.84. The Hall–Kier alpha value is -1.58. The van der Waals surface area contributed by atoms with E-state index in [1.807, 2.05) is 0 Å². The first-order valence-electron chi connectivity index (χ1n) is 6.05. The molecule has 4 heteroatoms. The molecule has 17 heavy (non-hydrogen) atoms. The molecule has 1 amide bonds. The predicted molar refractivity (Wildman–Crippen MR) is 65.1 cm³/mol. The van der Waals surface area contributed by atoms with E-state index < -0.39 is 0 Å². The van der Waals surface area contributed by atoms with Crippen molar-refractivity contribution in [1.29, 1.82) is 0 Å². The van der Waals surface area contributed by atoms with E-state index in [0.29, 0.717) is 30.0 Å². The third-order valence-corrected chi connectivity index (χ3v) is 2.48. The topological polar surface area (TPSA) is 51.2 Å². The summed E-state index contributed by atoms with van der Waals surface area (Å²) < 4.78 is 5.45. The number of hydrogen-bond donors (Lipinski definition) is 1. The summed E-state index contributed by atoms with van der Waals surface area (Å²) >= 11 is 0. The minimum atomic E-state index is -0.0459. The van der Waals surface area contributed by atoms with Gasteiger partial charge in [0.15, 0.2) is 0 Å². The van der Waals surface area contributed by atoms with Gasteiger partial charge in [-0.25, -0.2) is 4.98 Å². The number of nitrogens with one attached hydrogen (secondary N) is 1. The van der Waals surface area contributed by atoms with Crippen LogP contribution in [0.25, 0.3) is 0 Å². The monoisotopic (exact) mass is 234 g/mol. The summed E-state index contributed by atoms with van der Waals surface area (Å²) in [6.45, 7) is 4.80. The highest BCUT2D eigenvalue weighted by Crippen LogP contribution is 2.19. The van der Waals surface area contributed by atoms with Crippen LogP contribution in [-0.4, -0.2) is 23.5 Å². The van der Waals surface area contributed by atoms with Crippen molar-refractivity contribution >= 4 is 5.91 Å². The first-order chi connectivity index (χ1) is 8.15. The Bertz CT molecular complexity index is 383. The van der Waals surface area contributed by atoms with Crippen LogP contribution < -0.4 is 10.1 Å². The third kappa shape index (κ3) is 3.73. The quantitative estimate of drug-likeness (QED) is 0.847. The lowest BCUT2D eigenvalue weighted by atomic mass is 10.2. The Morgan fingerprint density at radius 1 is 1.53 bits per heavy atom. The molecule has 1 N–H and O–H groups in total. The highest BCUT2D eigenvalue weighted by atomic mass is 16.5. The number of rotatable bonds is 5. The van der Waals surface area contributed by atoms with Gasteiger partial charge in [-0.3, -0.25) is 4.79 Å². The van der Waals surface area contributed by atoms with Gasteiger partial charge in [0.25, 0.3) is 5.91 Å². The number of nitrogens with zero attached hydrogens (tertiary/aromatic N) is 1. The summed E-state index contributed by atoms with van der Waals surface area (Å²) in [7, 11) is 0. The lowest BCUT2D eigenvalue weighted by molar-refractivity contribution is 0.0950. The van der Waals surface area contributed by atoms with E-state index in [-0.39, 0.29) is 5.91 Å². The maximum Gasteiger partial charge on any atom is 0.253 e. The van der Waals surface area contributed by atoms with Crippen molar-refractivity contribution in [3.8, 4) is 5.88 Å². The zero-order valence-corrected chi connectivity index (χ0v) is 10.3. The van der Waals surface area contributed by atoms with Gasteiger partial charge in [0.05, 0.1) is 12.2 Å². The summed E-state index contributed by atoms with van der Waals surface area (Å²) in [5.41, 5.74) is 0.591. The van der Waals surface area contributed by atoms with Crippen LogP contribution in [0.4, 0.5) is 0 Å². The van der Waals surface area contributed by atoms with E-state index in [9.17, 15) is 4.79 Å². The number of amides is 1. The number of hydrogen-bond acceptors (Lipinski definition) is 3. The SMILES string of the molecule is CC(C)COc1ccc(C(=O)NC2CC2)cn1. The van der Waals surface area contributed by atoms with Gasteiger partial charge in [-0.05, 0) is 24.8 Å². The molecule has 0 radical (unpaired) electrons. The molecule has 1 heterocycles. The summed E-state index contributed by atoms with van der Waals surface area (Å²) in [6.07, 6.45) is 3.75. The average Bonchev–Trinajstić information content (AvgIpc) is 3.11. The van der Waals surface area contributed by atoms with E-state index >= 15 is 0 Å². The van der Waals surface area contributed by atoms with E-state index in [4.69, 9.17) is 4.74 Å². The Labute approximate surface area is 101 Å². The highest BCUT2D eigenvalue weighted by Gasteiger charge is 2.23. The molecule has 0 aromatic carbocycles. The molecule has 0 saturated heterocycles. The van der Waals surface area contributed by atoms with Crippen molar-refractivity contribution in [3.05, 3.63) is 23.9 Å². The number of carbonyl (C=O) groups excluding carboxylic acids is 1. The largest absolute Gasteiger partial charge is 0.477 e. The van der Waals surface area contributed by atoms with Gasteiger partial charge in [-0.15, -0.1) is 0 Å². The molecule has 1 aromatic rings. The van der Waals surface area contributed by atoms with E-state index in [1.165, 1.54) is 0 Å². The van der Waals surface area contributed by atoms with Crippen LogP contribution in [0.2, 0.25) is 0 Å². The molecule has 2 rings (SSSR count). The summed E-state index contributed by atoms with van der Waals surface area (Å²) in [5.74, 6) is 0.992. The van der Waals surface area contributed by atoms with Crippen LogP contribution in [-0.2, 0) is 0 Å². The Morgan fingerprint density at radius 3 is 2.82 bits per heavy atom. The average molecular weight is 234 g/mol. The zero-order valence-electron chi connectivity index (χ0n) is 10.3. The summed E-state index contributed by atoms with van der Waals surface area (Å²) in [6, 6.07) is 3.87. The van der Waals surface area contributed by atoms with Gasteiger partial charge >= 0.3 is 0 Å². The molecule has 0 aliphatic heterocycles. The molecule has 1 saturated carbocycles. The van der Waals surface area contributed by atoms with Crippen molar-refractivity contribution in [2.45, 2.75) is 32.7 Å². The maximum absolute atomic E-state index is 11.7. The third-order valence-electron chi connectivity index (χ3n) is 2.48. The second kappa shape index (κ2) is 5.17. The van der Waals surface area contributed by atoms with Gasteiger partial charge in [-0.2, -0.15) is 0 Å². The smallest absolute Gasteiger partial charge is 0.253 e. The summed E-state index contributed by atoms with van der Waals surface area (Å²) in [4.78, 5) is 15.8. The van der Waals surface area contributed by atoms with Gasteiger partial charge in [0, 0.05) is 18.3 Å². The van der Waals surface area contributed by atoms with E-state index in [0.717, 1.165) is 12.8 Å². The normalized spacial score (nSPS) is 14.8. The van der Waals surface area contributed by atoms with Crippen molar-refractivity contribution < 1.29 is 9.53 Å². The fourth-order valence-electron chi connectivity index (χ4n) is 1.35. The van der Waals surface area contributed by atoms with Gasteiger partial charge < -0.3 is 10.1 Å². The molecule has 92 valence electrons. The highest BCUT2D eigenvalue weighted by molar-refractivity contribution is 5.94. The number of pyridine rings is 1. The molecule has 0 unspecified atom stereocenters. The fraction of sp³-hybridized carbons (Fsp3) is 0.538. The van der Waals surface area contributed by atoms with Crippen molar-refractivity contribution in [2.24, 2.45) is 5.92 Å². The zero-order chi connectivity index (χ0) is 12.3. The Balaban J connectivity index is 1.89. The van der Waals surface area contributed by atoms with E-state index in [1.54, 1.807) is 18.3 Å². The minimum absolute atomic E-state index is 0.0459. The second-order valence-corrected chi connectivity index (χ2v) is 4.84. The van der Waals surface area contributed by atoms with Crippen LogP contribution in [0.5, 0.6) is 5.88 Å². The predicted octanol–water partition coefficient (Wildman–Crippen LogP) is 2.01. The standard InChI is InChI=1S/C13H18N2O2/c1-9(2)8-17-12-6-3-10(7-14-12)13(16)15-11-4-5-11/h3,6-7,9,11H,4-5,8H2,1-2H3,(H,15,16). The van der Waals surface area contributed by atoms with Crippen LogP contribution >= 0.6 is 0 Å². The van der Waals surface area contributed by atoms with E-state index in [2.05, 4.69) is 24.1 Å². The molecule has 4 nitrogen and oxygen atoms in total. The van der Waals surface area contributed by atoms with Crippen LogP contribution in [0.1, 0.15) is 37.0 Å². The first kappa shape index (κ1) is 11.9. The lowest BCUT2D eigenvalue weighted by Crippen LogP contribution is -2.25. The van der Waals surface area contributed by atoms with Crippen molar-refractivity contribution in [2.75, 3.05) is 6.61 Å². The van der Waals surface area contributed by atoms with Crippen LogP contribution in [0.15, 0.2) is 18.3 Å². The molecular formula is C13H18N2O2. The Kier molecular flexibility index (Phi) is 3.61. The van der Waals surface area contributed by atoms with Gasteiger partial charge in [-0.1, -0.05) is 13.8 Å². The number of aromatic nitrogens is 1. The minimum Gasteiger partial charge on any atom is -0.477 e. The van der Waals surface area contributed by atoms with Gasteiger partial charge in [0.2, 0.25) is 5.88 Å². The molecule has 0 atom stereocenters. The first-order valence-corrected chi connectivity index (χ1v) is 6.05. The van der Waals surface area contributed by atoms with Crippen LogP contribution in [0, 0.1) is 5.92 Å². The maximum atomic E-state index is 11.7. The summed E-state index contributed by atoms with van der Waals surface area (Å²) in [5, 5.41) is 2.92. The van der Waals surface area contributed by atoms with Gasteiger partial charge in [0.1, 0.15) is 0 Å². The molecular weight excluding hydrogens is 216 g/mol. The molecule has 1 aromatic heterocycles. The molecule has 0 bridgehead atoms. The number of ether oxygens (including phenoxy) is 1. The fourth-order valence-corrected chi connectivity index (χ4v) is 1.35. The molecule has 0 spiro atoms. The van der Waals surface area contributed by atoms with Crippen LogP contribution in [0.3, 0.4) is 0 Å². The lowest BCUT2D eigenvalue weighted by Gasteiger charge is -2.08. The molecule has 1 aliphatic carbocycles. The molecule has 1 aliphatic rings. The molecule has 1 fully saturated rings. The van der Waals surface area contributed by atoms with Crippen molar-refractivity contribution in [3.63, 3.8) is 0 Å².